The summed E-state index contributed by atoms with van der Waals surface area (Å²) >= 11 is 0. The van der Waals surface area contributed by atoms with Gasteiger partial charge in [-0.1, -0.05) is 30.0 Å². The molecule has 6 heteroatoms. The number of carbonyl (C=O) groups is 1. The molecular weight excluding hydrogens is 386 g/mol. The Bertz CT molecular complexity index is 1170. The Morgan fingerprint density at radius 1 is 1.06 bits per heavy atom. The van der Waals surface area contributed by atoms with Crippen LogP contribution in [-0.2, 0) is 0 Å². The van der Waals surface area contributed by atoms with Crippen molar-refractivity contribution in [1.29, 1.82) is 0 Å². The first-order chi connectivity index (χ1) is 15.2. The van der Waals surface area contributed by atoms with Crippen LogP contribution in [0, 0.1) is 24.7 Å². The van der Waals surface area contributed by atoms with Crippen LogP contribution in [-0.4, -0.2) is 34.7 Å². The molecule has 6 nitrogen and oxygen atoms in total. The highest BCUT2D eigenvalue weighted by Crippen LogP contribution is 2.16. The quantitative estimate of drug-likeness (QED) is 0.497. The van der Waals surface area contributed by atoms with Crippen LogP contribution in [0.4, 0.5) is 0 Å². The third kappa shape index (κ3) is 5.14. The van der Waals surface area contributed by atoms with Crippen molar-refractivity contribution in [2.45, 2.75) is 19.8 Å². The maximum atomic E-state index is 12.7. The first kappa shape index (κ1) is 20.3. The van der Waals surface area contributed by atoms with E-state index in [0.717, 1.165) is 35.2 Å². The maximum absolute atomic E-state index is 12.7. The summed E-state index contributed by atoms with van der Waals surface area (Å²) in [4.78, 5) is 12.7. The molecule has 2 aromatic carbocycles. The molecule has 0 aliphatic carbocycles. The molecule has 1 aromatic heterocycles. The van der Waals surface area contributed by atoms with Gasteiger partial charge in [-0.05, 0) is 55.7 Å². The smallest absolute Gasteiger partial charge is 0.251 e. The lowest BCUT2D eigenvalue weighted by molar-refractivity contribution is 0.0953. The number of amides is 1. The SMILES string of the molecule is Cc1ccccc1C#Cc1cc(C(=O)NCCCC2C=NN=C2)ccc1-n1cccn1. The molecule has 1 aliphatic heterocycles. The summed E-state index contributed by atoms with van der Waals surface area (Å²) in [6.07, 6.45) is 9.02. The number of hydrogen-bond acceptors (Lipinski definition) is 4. The number of nitrogens with one attached hydrogen (secondary N) is 1. The Labute approximate surface area is 181 Å². The molecule has 1 amide bonds. The molecule has 1 aliphatic rings. The van der Waals surface area contributed by atoms with E-state index in [1.165, 1.54) is 0 Å². The van der Waals surface area contributed by atoms with Crippen molar-refractivity contribution >= 4 is 18.3 Å². The topological polar surface area (TPSA) is 71.6 Å². The number of aryl methyl sites for hydroxylation is 1. The maximum Gasteiger partial charge on any atom is 0.251 e. The van der Waals surface area contributed by atoms with Gasteiger partial charge in [-0.2, -0.15) is 15.3 Å². The summed E-state index contributed by atoms with van der Waals surface area (Å²) in [6.45, 7) is 2.63. The van der Waals surface area contributed by atoms with Gasteiger partial charge in [-0.15, -0.1) is 0 Å². The van der Waals surface area contributed by atoms with Gasteiger partial charge in [0, 0.05) is 48.4 Å². The predicted octanol–water partition coefficient (Wildman–Crippen LogP) is 3.78. The van der Waals surface area contributed by atoms with E-state index in [1.54, 1.807) is 10.9 Å². The Morgan fingerprint density at radius 3 is 2.65 bits per heavy atom. The van der Waals surface area contributed by atoms with Gasteiger partial charge in [0.15, 0.2) is 0 Å². The molecule has 0 saturated carbocycles. The molecule has 3 aromatic rings. The summed E-state index contributed by atoms with van der Waals surface area (Å²) in [6, 6.07) is 15.4. The Kier molecular flexibility index (Phi) is 6.34. The highest BCUT2D eigenvalue weighted by atomic mass is 16.1. The second kappa shape index (κ2) is 9.68. The molecule has 0 atom stereocenters. The lowest BCUT2D eigenvalue weighted by Gasteiger charge is -2.09. The van der Waals surface area contributed by atoms with Crippen LogP contribution in [0.3, 0.4) is 0 Å². The third-order valence-corrected chi connectivity index (χ3v) is 5.07. The molecule has 154 valence electrons. The minimum absolute atomic E-state index is 0.111. The zero-order chi connectivity index (χ0) is 21.5. The van der Waals surface area contributed by atoms with E-state index < -0.39 is 0 Å². The fourth-order valence-corrected chi connectivity index (χ4v) is 3.31. The van der Waals surface area contributed by atoms with Gasteiger partial charge < -0.3 is 5.32 Å². The van der Waals surface area contributed by atoms with Gasteiger partial charge in [-0.3, -0.25) is 4.79 Å². The Balaban J connectivity index is 1.52. The zero-order valence-corrected chi connectivity index (χ0v) is 17.3. The first-order valence-electron chi connectivity index (χ1n) is 10.3. The summed E-state index contributed by atoms with van der Waals surface area (Å²) in [5, 5.41) is 15.0. The Hall–Kier alpha value is -3.98. The number of carbonyl (C=O) groups excluding carboxylic acids is 1. The van der Waals surface area contributed by atoms with Crippen LogP contribution in [0.1, 0.15) is 39.9 Å². The fraction of sp³-hybridized carbons (Fsp3) is 0.200. The van der Waals surface area contributed by atoms with Gasteiger partial charge in [0.05, 0.1) is 11.3 Å². The van der Waals surface area contributed by atoms with Crippen LogP contribution < -0.4 is 5.32 Å². The molecule has 2 heterocycles. The van der Waals surface area contributed by atoms with Crippen molar-refractivity contribution in [2.24, 2.45) is 16.1 Å². The van der Waals surface area contributed by atoms with Crippen LogP contribution in [0.2, 0.25) is 0 Å². The number of aromatic nitrogens is 2. The molecular formula is C25H23N5O. The normalized spacial score (nSPS) is 12.5. The molecule has 0 unspecified atom stereocenters. The number of rotatable bonds is 6. The van der Waals surface area contributed by atoms with E-state index in [9.17, 15) is 4.79 Å². The van der Waals surface area contributed by atoms with Crippen molar-refractivity contribution in [1.82, 2.24) is 15.1 Å². The molecule has 31 heavy (non-hydrogen) atoms. The first-order valence-corrected chi connectivity index (χ1v) is 10.3. The van der Waals surface area contributed by atoms with E-state index in [0.29, 0.717) is 12.1 Å². The zero-order valence-electron chi connectivity index (χ0n) is 17.3. The van der Waals surface area contributed by atoms with E-state index in [-0.39, 0.29) is 11.8 Å². The minimum Gasteiger partial charge on any atom is -0.352 e. The number of hydrogen-bond donors (Lipinski definition) is 1. The van der Waals surface area contributed by atoms with E-state index in [4.69, 9.17) is 0 Å². The van der Waals surface area contributed by atoms with Gasteiger partial charge in [0.1, 0.15) is 0 Å². The molecule has 4 rings (SSSR count). The van der Waals surface area contributed by atoms with Gasteiger partial charge in [-0.25, -0.2) is 4.68 Å². The molecule has 1 N–H and O–H groups in total. The summed E-state index contributed by atoms with van der Waals surface area (Å²) in [5.41, 5.74) is 4.24. The fourth-order valence-electron chi connectivity index (χ4n) is 3.31. The van der Waals surface area contributed by atoms with Gasteiger partial charge in [0.25, 0.3) is 5.91 Å². The van der Waals surface area contributed by atoms with Crippen molar-refractivity contribution in [3.8, 4) is 17.5 Å². The van der Waals surface area contributed by atoms with Crippen LogP contribution in [0.5, 0.6) is 0 Å². The largest absolute Gasteiger partial charge is 0.352 e. The van der Waals surface area contributed by atoms with Gasteiger partial charge in [0.2, 0.25) is 0 Å². The van der Waals surface area contributed by atoms with Crippen LogP contribution in [0.25, 0.3) is 5.69 Å². The molecule has 0 saturated heterocycles. The predicted molar refractivity (Wildman–Crippen MR) is 123 cm³/mol. The van der Waals surface area contributed by atoms with Crippen LogP contribution in [0.15, 0.2) is 71.1 Å². The monoisotopic (exact) mass is 409 g/mol. The lowest BCUT2D eigenvalue weighted by atomic mass is 10.1. The Morgan fingerprint density at radius 2 is 1.87 bits per heavy atom. The standard InChI is InChI=1S/C25H23N5O/c1-19-6-2-3-8-21(19)9-10-22-16-23(11-12-24(22)30-15-5-14-29-30)25(31)26-13-4-7-20-17-27-28-18-20/h2-3,5-6,8,11-12,14-18,20H,4,7,13H2,1H3,(H,26,31). The van der Waals surface area contributed by atoms with Crippen LogP contribution >= 0.6 is 0 Å². The highest BCUT2D eigenvalue weighted by Gasteiger charge is 2.11. The van der Waals surface area contributed by atoms with Crippen molar-refractivity contribution in [2.75, 3.05) is 6.54 Å². The third-order valence-electron chi connectivity index (χ3n) is 5.07. The van der Waals surface area contributed by atoms with E-state index in [2.05, 4.69) is 32.5 Å². The second-order valence-corrected chi connectivity index (χ2v) is 7.34. The summed E-state index contributed by atoms with van der Waals surface area (Å²) in [5.74, 6) is 6.63. The van der Waals surface area contributed by atoms with E-state index in [1.807, 2.05) is 74.1 Å². The lowest BCUT2D eigenvalue weighted by Crippen LogP contribution is -2.25. The average Bonchev–Trinajstić information content (AvgIpc) is 3.50. The molecule has 0 radical (unpaired) electrons. The van der Waals surface area contributed by atoms with Crippen molar-refractivity contribution < 1.29 is 4.79 Å². The number of nitrogens with zero attached hydrogens (tertiary/aromatic N) is 4. The number of benzene rings is 2. The summed E-state index contributed by atoms with van der Waals surface area (Å²) in [7, 11) is 0. The van der Waals surface area contributed by atoms with Crippen molar-refractivity contribution in [3.63, 3.8) is 0 Å². The summed E-state index contributed by atoms with van der Waals surface area (Å²) < 4.78 is 1.76. The average molecular weight is 409 g/mol. The highest BCUT2D eigenvalue weighted by molar-refractivity contribution is 5.95. The minimum atomic E-state index is -0.111. The van der Waals surface area contributed by atoms with Gasteiger partial charge >= 0.3 is 0 Å². The second-order valence-electron chi connectivity index (χ2n) is 7.34. The van der Waals surface area contributed by atoms with Crippen molar-refractivity contribution in [3.05, 3.63) is 83.2 Å². The van der Waals surface area contributed by atoms with E-state index >= 15 is 0 Å². The molecule has 0 spiro atoms. The molecule has 0 bridgehead atoms. The molecule has 0 fully saturated rings.